The second-order valence-electron chi connectivity index (χ2n) is 4.04. The lowest BCUT2D eigenvalue weighted by atomic mass is 9.98. The summed E-state index contributed by atoms with van der Waals surface area (Å²) in [6.45, 7) is 0. The summed E-state index contributed by atoms with van der Waals surface area (Å²) >= 11 is 3.42. The molecule has 0 fully saturated rings. The summed E-state index contributed by atoms with van der Waals surface area (Å²) in [6, 6.07) is 9.52. The predicted molar refractivity (Wildman–Crippen MR) is 73.5 cm³/mol. The Kier molecular flexibility index (Phi) is 2.72. The Hall–Kier alpha value is -2.33. The number of rotatable bonds is 1. The lowest BCUT2D eigenvalue weighted by Gasteiger charge is -2.25. The van der Waals surface area contributed by atoms with Crippen molar-refractivity contribution in [2.24, 2.45) is 5.73 Å². The second-order valence-corrected chi connectivity index (χ2v) is 4.95. The van der Waals surface area contributed by atoms with E-state index in [0.29, 0.717) is 17.3 Å². The van der Waals surface area contributed by atoms with Gasteiger partial charge < -0.3 is 11.1 Å². The van der Waals surface area contributed by atoms with Gasteiger partial charge in [0.05, 0.1) is 11.6 Å². The summed E-state index contributed by atoms with van der Waals surface area (Å²) in [5.74, 6) is 0.834. The van der Waals surface area contributed by atoms with Gasteiger partial charge in [-0.25, -0.2) is 0 Å². The number of nitrogens with one attached hydrogen (secondary N) is 1. The number of hydrogen-bond acceptors (Lipinski definition) is 5. The van der Waals surface area contributed by atoms with E-state index in [2.05, 4.69) is 37.4 Å². The smallest absolute Gasteiger partial charge is 0.228 e. The van der Waals surface area contributed by atoms with Crippen LogP contribution >= 0.6 is 15.9 Å². The van der Waals surface area contributed by atoms with E-state index in [1.807, 2.05) is 24.3 Å². The average Bonchev–Trinajstić information content (AvgIpc) is 2.87. The van der Waals surface area contributed by atoms with Crippen molar-refractivity contribution in [3.8, 4) is 6.07 Å². The van der Waals surface area contributed by atoms with Crippen LogP contribution in [0.25, 0.3) is 5.82 Å². The molecular weight excluding hydrogens is 308 g/mol. The van der Waals surface area contributed by atoms with Crippen LogP contribution in [-0.4, -0.2) is 14.8 Å². The first-order valence-corrected chi connectivity index (χ1v) is 6.32. The molecule has 7 heteroatoms. The third-order valence-electron chi connectivity index (χ3n) is 2.92. The van der Waals surface area contributed by atoms with Gasteiger partial charge in [-0.3, -0.25) is 0 Å². The predicted octanol–water partition coefficient (Wildman–Crippen LogP) is 1.86. The number of halogens is 1. The molecule has 1 aliphatic rings. The fourth-order valence-corrected chi connectivity index (χ4v) is 2.45. The number of aromatic nitrogens is 3. The average molecular weight is 317 g/mol. The van der Waals surface area contributed by atoms with E-state index in [1.165, 1.54) is 11.0 Å². The van der Waals surface area contributed by atoms with Crippen molar-refractivity contribution in [2.45, 2.75) is 6.04 Å². The highest BCUT2D eigenvalue weighted by Gasteiger charge is 2.28. The Labute approximate surface area is 117 Å². The van der Waals surface area contributed by atoms with Gasteiger partial charge in [0.15, 0.2) is 0 Å². The topological polar surface area (TPSA) is 92.5 Å². The normalized spacial score (nSPS) is 17.6. The summed E-state index contributed by atoms with van der Waals surface area (Å²) in [4.78, 5) is 4.08. The van der Waals surface area contributed by atoms with Crippen LogP contribution in [0.5, 0.6) is 0 Å². The Bertz CT molecular complexity index is 711. The Morgan fingerprint density at radius 1 is 1.47 bits per heavy atom. The first kappa shape index (κ1) is 11.7. The van der Waals surface area contributed by atoms with E-state index >= 15 is 0 Å². The molecule has 1 aromatic carbocycles. The van der Waals surface area contributed by atoms with Gasteiger partial charge in [0, 0.05) is 4.47 Å². The monoisotopic (exact) mass is 316 g/mol. The molecule has 1 atom stereocenters. The van der Waals surface area contributed by atoms with Crippen molar-refractivity contribution < 1.29 is 0 Å². The summed E-state index contributed by atoms with van der Waals surface area (Å²) in [6.07, 6.45) is 1.40. The molecule has 6 nitrogen and oxygen atoms in total. The summed E-state index contributed by atoms with van der Waals surface area (Å²) in [5, 5.41) is 16.5. The lowest BCUT2D eigenvalue weighted by Crippen LogP contribution is -2.27. The van der Waals surface area contributed by atoms with Crippen molar-refractivity contribution in [1.82, 2.24) is 14.8 Å². The van der Waals surface area contributed by atoms with Crippen LogP contribution in [-0.2, 0) is 0 Å². The Morgan fingerprint density at radius 2 is 2.32 bits per heavy atom. The van der Waals surface area contributed by atoms with Crippen LogP contribution in [0, 0.1) is 11.3 Å². The molecule has 2 aromatic rings. The molecule has 3 N–H and O–H groups in total. The Balaban J connectivity index is 2.14. The second kappa shape index (κ2) is 4.40. The highest BCUT2D eigenvalue weighted by molar-refractivity contribution is 9.10. The highest BCUT2D eigenvalue weighted by Crippen LogP contribution is 2.33. The lowest BCUT2D eigenvalue weighted by molar-refractivity contribution is 0.794. The van der Waals surface area contributed by atoms with Gasteiger partial charge in [-0.05, 0) is 17.7 Å². The van der Waals surface area contributed by atoms with Crippen molar-refractivity contribution in [3.05, 3.63) is 46.2 Å². The number of anilines is 1. The molecule has 1 aromatic heterocycles. The molecule has 0 aliphatic carbocycles. The van der Waals surface area contributed by atoms with Crippen LogP contribution in [0.2, 0.25) is 0 Å². The zero-order valence-electron chi connectivity index (χ0n) is 9.71. The molecule has 0 bridgehead atoms. The van der Waals surface area contributed by atoms with Gasteiger partial charge in [0.25, 0.3) is 0 Å². The van der Waals surface area contributed by atoms with Crippen molar-refractivity contribution in [2.75, 3.05) is 5.32 Å². The SMILES string of the molecule is N#CC1=C(N)n2ncnc2NC1c1cccc(Br)c1. The molecular formula is C12H9BrN6. The maximum atomic E-state index is 9.32. The molecule has 0 spiro atoms. The molecule has 0 radical (unpaired) electrons. The molecule has 1 aliphatic heterocycles. The van der Waals surface area contributed by atoms with Gasteiger partial charge >= 0.3 is 0 Å². The Morgan fingerprint density at radius 3 is 3.05 bits per heavy atom. The van der Waals surface area contributed by atoms with E-state index in [1.54, 1.807) is 0 Å². The first-order chi connectivity index (χ1) is 9.20. The summed E-state index contributed by atoms with van der Waals surface area (Å²) in [7, 11) is 0. The fraction of sp³-hybridized carbons (Fsp3) is 0.0833. The first-order valence-electron chi connectivity index (χ1n) is 5.53. The van der Waals surface area contributed by atoms with Gasteiger partial charge in [0.1, 0.15) is 18.2 Å². The molecule has 3 rings (SSSR count). The van der Waals surface area contributed by atoms with Gasteiger partial charge in [-0.1, -0.05) is 28.1 Å². The van der Waals surface area contributed by atoms with Crippen molar-refractivity contribution >= 4 is 27.7 Å². The largest absolute Gasteiger partial charge is 0.383 e. The molecule has 19 heavy (non-hydrogen) atoms. The van der Waals surface area contributed by atoms with Crippen LogP contribution in [0.4, 0.5) is 5.95 Å². The number of nitriles is 1. The van der Waals surface area contributed by atoms with Crippen molar-refractivity contribution in [1.29, 1.82) is 5.26 Å². The van der Waals surface area contributed by atoms with Crippen LogP contribution < -0.4 is 11.1 Å². The number of nitrogens with zero attached hydrogens (tertiary/aromatic N) is 4. The number of nitrogens with two attached hydrogens (primary N) is 1. The van der Waals surface area contributed by atoms with E-state index in [0.717, 1.165) is 10.0 Å². The molecule has 0 amide bonds. The maximum Gasteiger partial charge on any atom is 0.228 e. The van der Waals surface area contributed by atoms with Gasteiger partial charge in [-0.15, -0.1) is 0 Å². The van der Waals surface area contributed by atoms with Crippen molar-refractivity contribution in [3.63, 3.8) is 0 Å². The van der Waals surface area contributed by atoms with Crippen LogP contribution in [0.3, 0.4) is 0 Å². The molecule has 0 saturated heterocycles. The van der Waals surface area contributed by atoms with E-state index in [4.69, 9.17) is 5.73 Å². The minimum absolute atomic E-state index is 0.304. The van der Waals surface area contributed by atoms with E-state index in [-0.39, 0.29) is 6.04 Å². The van der Waals surface area contributed by atoms with Crippen LogP contribution in [0.1, 0.15) is 11.6 Å². The minimum Gasteiger partial charge on any atom is -0.383 e. The number of fused-ring (bicyclic) bond motifs is 1. The van der Waals surface area contributed by atoms with Gasteiger partial charge in [0.2, 0.25) is 5.95 Å². The quantitative estimate of drug-likeness (QED) is 0.837. The third kappa shape index (κ3) is 1.86. The standard InChI is InChI=1S/C12H9BrN6/c13-8-3-1-2-7(4-8)10-9(5-14)11(15)19-12(18-10)16-6-17-19/h1-4,6,10H,15H2,(H,16,17,18). The highest BCUT2D eigenvalue weighted by atomic mass is 79.9. The zero-order chi connectivity index (χ0) is 13.4. The summed E-state index contributed by atoms with van der Waals surface area (Å²) in [5.41, 5.74) is 7.34. The molecule has 94 valence electrons. The fourth-order valence-electron chi connectivity index (χ4n) is 2.04. The maximum absolute atomic E-state index is 9.32. The third-order valence-corrected chi connectivity index (χ3v) is 3.41. The zero-order valence-corrected chi connectivity index (χ0v) is 11.3. The molecule has 2 heterocycles. The van der Waals surface area contributed by atoms with E-state index in [9.17, 15) is 5.26 Å². The molecule has 0 saturated carbocycles. The minimum atomic E-state index is -0.320. The van der Waals surface area contributed by atoms with E-state index < -0.39 is 0 Å². The van der Waals surface area contributed by atoms with Gasteiger partial charge in [-0.2, -0.15) is 20.0 Å². The summed E-state index contributed by atoms with van der Waals surface area (Å²) < 4.78 is 2.36. The number of hydrogen-bond donors (Lipinski definition) is 2. The van der Waals surface area contributed by atoms with Crippen LogP contribution in [0.15, 0.2) is 40.6 Å². The molecule has 1 unspecified atom stereocenters. The number of benzene rings is 1.